The normalized spacial score (nSPS) is 40.0. The SMILES string of the molecule is Cc1ccc(C[C@@]23CCC[C@H]2[C@@H]2CC=C4CCCC[C@@H]4[C@H]2CC3)cc1. The molecule has 1 aromatic rings. The molecule has 0 saturated heterocycles. The van der Waals surface area contributed by atoms with E-state index in [0.717, 1.165) is 23.7 Å². The smallest absolute Gasteiger partial charge is 0.0172 e. The van der Waals surface area contributed by atoms with Gasteiger partial charge < -0.3 is 0 Å². The first-order chi connectivity index (χ1) is 12.3. The second-order valence-corrected chi connectivity index (χ2v) is 9.76. The summed E-state index contributed by atoms with van der Waals surface area (Å²) in [5.41, 5.74) is 5.50. The van der Waals surface area contributed by atoms with Crippen molar-refractivity contribution in [1.29, 1.82) is 0 Å². The molecule has 0 heterocycles. The van der Waals surface area contributed by atoms with Gasteiger partial charge in [-0.1, -0.05) is 54.3 Å². The Labute approximate surface area is 154 Å². The molecule has 0 aromatic heterocycles. The molecule has 1 aromatic carbocycles. The van der Waals surface area contributed by atoms with E-state index in [1.807, 2.05) is 5.57 Å². The zero-order chi connectivity index (χ0) is 16.9. The summed E-state index contributed by atoms with van der Waals surface area (Å²) in [6, 6.07) is 9.45. The van der Waals surface area contributed by atoms with Crippen LogP contribution in [0.1, 0.15) is 75.3 Å². The van der Waals surface area contributed by atoms with Crippen molar-refractivity contribution in [2.45, 2.75) is 77.6 Å². The van der Waals surface area contributed by atoms with Gasteiger partial charge in [0.1, 0.15) is 0 Å². The minimum Gasteiger partial charge on any atom is -0.0847 e. The number of aryl methyl sites for hydroxylation is 1. The number of allylic oxidation sites excluding steroid dienone is 2. The monoisotopic (exact) mass is 334 g/mol. The molecule has 0 N–H and O–H groups in total. The highest BCUT2D eigenvalue weighted by Crippen LogP contribution is 2.62. The lowest BCUT2D eigenvalue weighted by Crippen LogP contribution is -2.45. The largest absolute Gasteiger partial charge is 0.0847 e. The van der Waals surface area contributed by atoms with E-state index >= 15 is 0 Å². The zero-order valence-electron chi connectivity index (χ0n) is 16.0. The summed E-state index contributed by atoms with van der Waals surface area (Å²) < 4.78 is 0. The molecule has 4 aliphatic carbocycles. The second-order valence-electron chi connectivity index (χ2n) is 9.76. The van der Waals surface area contributed by atoms with Crippen LogP contribution in [-0.2, 0) is 6.42 Å². The molecule has 0 amide bonds. The second kappa shape index (κ2) is 6.29. The summed E-state index contributed by atoms with van der Waals surface area (Å²) in [5, 5.41) is 0. The van der Waals surface area contributed by atoms with Gasteiger partial charge >= 0.3 is 0 Å². The van der Waals surface area contributed by atoms with Gasteiger partial charge in [0.25, 0.3) is 0 Å². The first kappa shape index (κ1) is 16.2. The molecule has 5 rings (SSSR count). The first-order valence-corrected chi connectivity index (χ1v) is 11.0. The Morgan fingerprint density at radius 3 is 2.68 bits per heavy atom. The van der Waals surface area contributed by atoms with E-state index in [1.54, 1.807) is 5.56 Å². The minimum atomic E-state index is 0.635. The average Bonchev–Trinajstić information content (AvgIpc) is 3.07. The fourth-order valence-electron chi connectivity index (χ4n) is 7.46. The zero-order valence-corrected chi connectivity index (χ0v) is 16.0. The van der Waals surface area contributed by atoms with E-state index < -0.39 is 0 Å². The summed E-state index contributed by atoms with van der Waals surface area (Å²) in [6.45, 7) is 2.21. The number of hydrogen-bond donors (Lipinski definition) is 0. The Morgan fingerprint density at radius 2 is 1.80 bits per heavy atom. The number of benzene rings is 1. The highest BCUT2D eigenvalue weighted by Gasteiger charge is 2.53. The number of fused-ring (bicyclic) bond motifs is 5. The lowest BCUT2D eigenvalue weighted by atomic mass is 9.52. The Morgan fingerprint density at radius 1 is 0.920 bits per heavy atom. The summed E-state index contributed by atoms with van der Waals surface area (Å²) in [7, 11) is 0. The molecule has 0 radical (unpaired) electrons. The predicted octanol–water partition coefficient (Wildman–Crippen LogP) is 6.87. The Hall–Kier alpha value is -1.04. The predicted molar refractivity (Wildman–Crippen MR) is 106 cm³/mol. The van der Waals surface area contributed by atoms with Crippen LogP contribution in [0.3, 0.4) is 0 Å². The van der Waals surface area contributed by atoms with E-state index in [9.17, 15) is 0 Å². The molecule has 134 valence electrons. The molecule has 0 unspecified atom stereocenters. The van der Waals surface area contributed by atoms with Crippen LogP contribution >= 0.6 is 0 Å². The average molecular weight is 335 g/mol. The highest BCUT2D eigenvalue weighted by atomic mass is 14.6. The van der Waals surface area contributed by atoms with Crippen molar-refractivity contribution in [3.63, 3.8) is 0 Å². The fraction of sp³-hybridized carbons (Fsp3) is 0.680. The molecule has 4 aliphatic rings. The van der Waals surface area contributed by atoms with Crippen molar-refractivity contribution in [2.75, 3.05) is 0 Å². The lowest BCUT2D eigenvalue weighted by Gasteiger charge is -2.53. The Kier molecular flexibility index (Phi) is 4.06. The molecule has 25 heavy (non-hydrogen) atoms. The standard InChI is InChI=1S/C25H34/c1-18-8-10-19(11-9-18)17-25-15-4-7-24(25)23-13-12-20-5-2-3-6-21(20)22(23)14-16-25/h8-12,21-24H,2-7,13-17H2,1H3/t21-,22+,23+,24-,25-/m0/s1. The van der Waals surface area contributed by atoms with Gasteiger partial charge in [-0.15, -0.1) is 0 Å². The Balaban J connectivity index is 1.41. The number of rotatable bonds is 2. The van der Waals surface area contributed by atoms with Gasteiger partial charge in [-0.2, -0.15) is 0 Å². The van der Waals surface area contributed by atoms with E-state index in [2.05, 4.69) is 37.3 Å². The molecule has 0 bridgehead atoms. The molecule has 3 fully saturated rings. The van der Waals surface area contributed by atoms with Gasteiger partial charge in [-0.05, 0) is 99.4 Å². The minimum absolute atomic E-state index is 0.635. The summed E-state index contributed by atoms with van der Waals surface area (Å²) >= 11 is 0. The van der Waals surface area contributed by atoms with Crippen LogP contribution in [0.2, 0.25) is 0 Å². The molecule has 0 heteroatoms. The maximum atomic E-state index is 2.71. The maximum absolute atomic E-state index is 2.71. The van der Waals surface area contributed by atoms with E-state index in [4.69, 9.17) is 0 Å². The third kappa shape index (κ3) is 2.71. The lowest BCUT2D eigenvalue weighted by molar-refractivity contribution is -0.00112. The van der Waals surface area contributed by atoms with Crippen molar-refractivity contribution in [2.24, 2.45) is 29.1 Å². The topological polar surface area (TPSA) is 0 Å². The maximum Gasteiger partial charge on any atom is -0.0172 e. The summed E-state index contributed by atoms with van der Waals surface area (Å²) in [6.07, 6.45) is 18.9. The van der Waals surface area contributed by atoms with Gasteiger partial charge in [0, 0.05) is 0 Å². The van der Waals surface area contributed by atoms with Gasteiger partial charge in [0.15, 0.2) is 0 Å². The van der Waals surface area contributed by atoms with Crippen LogP contribution in [0.15, 0.2) is 35.9 Å². The quantitative estimate of drug-likeness (QED) is 0.518. The van der Waals surface area contributed by atoms with E-state index in [0.29, 0.717) is 5.41 Å². The molecule has 0 spiro atoms. The van der Waals surface area contributed by atoms with Gasteiger partial charge in [-0.3, -0.25) is 0 Å². The fourth-order valence-corrected chi connectivity index (χ4v) is 7.46. The van der Waals surface area contributed by atoms with Gasteiger partial charge in [0.2, 0.25) is 0 Å². The molecule has 3 saturated carbocycles. The van der Waals surface area contributed by atoms with Crippen LogP contribution < -0.4 is 0 Å². The van der Waals surface area contributed by atoms with Crippen LogP contribution in [0, 0.1) is 36.0 Å². The molecular formula is C25H34. The van der Waals surface area contributed by atoms with Crippen molar-refractivity contribution in [3.05, 3.63) is 47.0 Å². The molecule has 0 nitrogen and oxygen atoms in total. The first-order valence-electron chi connectivity index (χ1n) is 11.0. The van der Waals surface area contributed by atoms with Crippen LogP contribution in [-0.4, -0.2) is 0 Å². The van der Waals surface area contributed by atoms with Crippen molar-refractivity contribution >= 4 is 0 Å². The summed E-state index contributed by atoms with van der Waals surface area (Å²) in [4.78, 5) is 0. The van der Waals surface area contributed by atoms with Crippen LogP contribution in [0.4, 0.5) is 0 Å². The van der Waals surface area contributed by atoms with Crippen LogP contribution in [0.25, 0.3) is 0 Å². The third-order valence-corrected chi connectivity index (χ3v) is 8.57. The van der Waals surface area contributed by atoms with Crippen molar-refractivity contribution < 1.29 is 0 Å². The summed E-state index contributed by atoms with van der Waals surface area (Å²) in [5.74, 6) is 4.03. The molecule has 5 atom stereocenters. The Bertz CT molecular complexity index is 651. The van der Waals surface area contributed by atoms with Crippen molar-refractivity contribution in [1.82, 2.24) is 0 Å². The van der Waals surface area contributed by atoms with E-state index in [-0.39, 0.29) is 0 Å². The van der Waals surface area contributed by atoms with Gasteiger partial charge in [-0.25, -0.2) is 0 Å². The highest BCUT2D eigenvalue weighted by molar-refractivity contribution is 5.25. The third-order valence-electron chi connectivity index (χ3n) is 8.57. The van der Waals surface area contributed by atoms with Crippen LogP contribution in [0.5, 0.6) is 0 Å². The number of hydrogen-bond acceptors (Lipinski definition) is 0. The van der Waals surface area contributed by atoms with Gasteiger partial charge in [0.05, 0.1) is 0 Å². The van der Waals surface area contributed by atoms with E-state index in [1.165, 1.54) is 76.2 Å². The molecular weight excluding hydrogens is 300 g/mol. The molecule has 0 aliphatic heterocycles. The van der Waals surface area contributed by atoms with Crippen molar-refractivity contribution in [3.8, 4) is 0 Å².